The molecule has 0 aliphatic carbocycles. The van der Waals surface area contributed by atoms with E-state index in [0.717, 1.165) is 6.54 Å². The summed E-state index contributed by atoms with van der Waals surface area (Å²) in [5.74, 6) is 0. The van der Waals surface area contributed by atoms with Crippen molar-refractivity contribution < 1.29 is 0 Å². The third-order valence-electron chi connectivity index (χ3n) is 3.12. The first-order chi connectivity index (χ1) is 7.66. The summed E-state index contributed by atoms with van der Waals surface area (Å²) < 4.78 is 0. The van der Waals surface area contributed by atoms with Crippen LogP contribution in [0.15, 0.2) is 24.3 Å². The van der Waals surface area contributed by atoms with Gasteiger partial charge in [-0.05, 0) is 37.6 Å². The van der Waals surface area contributed by atoms with Crippen molar-refractivity contribution in [1.29, 1.82) is 0 Å². The zero-order chi connectivity index (χ0) is 11.5. The Balaban J connectivity index is 2.09. The van der Waals surface area contributed by atoms with Crippen LogP contribution >= 0.6 is 0 Å². The molecule has 2 N–H and O–H groups in total. The van der Waals surface area contributed by atoms with E-state index in [9.17, 15) is 0 Å². The van der Waals surface area contributed by atoms with Crippen LogP contribution in [0.2, 0.25) is 0 Å². The highest BCUT2D eigenvalue weighted by Gasteiger charge is 2.18. The average Bonchev–Trinajstić information content (AvgIpc) is 2.29. The lowest BCUT2D eigenvalue weighted by Gasteiger charge is -2.30. The van der Waals surface area contributed by atoms with Gasteiger partial charge in [0.05, 0.1) is 6.17 Å². The summed E-state index contributed by atoms with van der Waals surface area (Å²) in [4.78, 5) is 2.12. The van der Waals surface area contributed by atoms with Crippen molar-refractivity contribution in [1.82, 2.24) is 10.6 Å². The van der Waals surface area contributed by atoms with Crippen LogP contribution in [-0.2, 0) is 0 Å². The average molecular weight is 219 g/mol. The van der Waals surface area contributed by atoms with E-state index in [1.54, 1.807) is 0 Å². The van der Waals surface area contributed by atoms with Crippen LogP contribution in [0.4, 0.5) is 5.69 Å². The molecule has 0 amide bonds. The lowest BCUT2D eigenvalue weighted by atomic mass is 10.1. The van der Waals surface area contributed by atoms with Crippen molar-refractivity contribution in [3.05, 3.63) is 29.8 Å². The van der Waals surface area contributed by atoms with E-state index in [0.29, 0.717) is 12.2 Å². The van der Waals surface area contributed by atoms with E-state index >= 15 is 0 Å². The van der Waals surface area contributed by atoms with Crippen LogP contribution in [0.5, 0.6) is 0 Å². The molecule has 3 nitrogen and oxygen atoms in total. The van der Waals surface area contributed by atoms with Crippen molar-refractivity contribution in [3.8, 4) is 0 Å². The number of rotatable bonds is 2. The van der Waals surface area contributed by atoms with Gasteiger partial charge in [0.2, 0.25) is 0 Å². The summed E-state index contributed by atoms with van der Waals surface area (Å²) in [6.45, 7) is 3.33. The van der Waals surface area contributed by atoms with E-state index < -0.39 is 0 Å². The number of hydrogen-bond donors (Lipinski definition) is 2. The normalized spacial score (nSPS) is 25.4. The maximum atomic E-state index is 3.56. The van der Waals surface area contributed by atoms with Gasteiger partial charge in [-0.1, -0.05) is 12.1 Å². The highest BCUT2D eigenvalue weighted by atomic mass is 15.2. The van der Waals surface area contributed by atoms with E-state index in [4.69, 9.17) is 0 Å². The molecule has 0 aromatic heterocycles. The molecule has 1 fully saturated rings. The third kappa shape index (κ3) is 2.54. The number of hydrogen-bond acceptors (Lipinski definition) is 3. The Morgan fingerprint density at radius 2 is 1.88 bits per heavy atom. The summed E-state index contributed by atoms with van der Waals surface area (Å²) in [6.07, 6.45) is 1.51. The van der Waals surface area contributed by atoms with Crippen LogP contribution in [0.25, 0.3) is 0 Å². The van der Waals surface area contributed by atoms with Crippen LogP contribution < -0.4 is 15.5 Å². The van der Waals surface area contributed by atoms with Gasteiger partial charge in [0.15, 0.2) is 0 Å². The predicted octanol–water partition coefficient (Wildman–Crippen LogP) is 1.72. The van der Waals surface area contributed by atoms with Gasteiger partial charge >= 0.3 is 0 Å². The van der Waals surface area contributed by atoms with Gasteiger partial charge in [-0.15, -0.1) is 0 Å². The van der Waals surface area contributed by atoms with E-state index in [2.05, 4.69) is 60.8 Å². The maximum absolute atomic E-state index is 3.56. The largest absolute Gasteiger partial charge is 0.378 e. The third-order valence-corrected chi connectivity index (χ3v) is 3.12. The second-order valence-corrected chi connectivity index (χ2v) is 4.73. The van der Waals surface area contributed by atoms with E-state index in [1.807, 2.05) is 0 Å². The first kappa shape index (κ1) is 11.4. The fraction of sp³-hybridized carbons (Fsp3) is 0.538. The van der Waals surface area contributed by atoms with Gasteiger partial charge in [-0.2, -0.15) is 0 Å². The quantitative estimate of drug-likeness (QED) is 0.793. The molecule has 2 atom stereocenters. The second-order valence-electron chi connectivity index (χ2n) is 4.73. The zero-order valence-corrected chi connectivity index (χ0v) is 10.3. The Bertz CT molecular complexity index is 332. The summed E-state index contributed by atoms with van der Waals surface area (Å²) in [6, 6.07) is 9.31. The lowest BCUT2D eigenvalue weighted by molar-refractivity contribution is 0.318. The summed E-state index contributed by atoms with van der Waals surface area (Å²) in [7, 11) is 4.13. The molecule has 16 heavy (non-hydrogen) atoms. The van der Waals surface area contributed by atoms with Crippen molar-refractivity contribution >= 4 is 5.69 Å². The molecule has 1 heterocycles. The molecule has 2 rings (SSSR count). The standard InChI is InChI=1S/C13H21N3/c1-10-8-9-14-13(15-10)11-4-6-12(7-5-11)16(2)3/h4-7,10,13-15H,8-9H2,1-3H3. The number of nitrogens with one attached hydrogen (secondary N) is 2. The molecule has 0 bridgehead atoms. The molecule has 0 spiro atoms. The highest BCUT2D eigenvalue weighted by molar-refractivity contribution is 5.46. The predicted molar refractivity (Wildman–Crippen MR) is 68.7 cm³/mol. The van der Waals surface area contributed by atoms with Crippen LogP contribution in [-0.4, -0.2) is 26.7 Å². The zero-order valence-electron chi connectivity index (χ0n) is 10.3. The van der Waals surface area contributed by atoms with Crippen LogP contribution in [0.1, 0.15) is 25.1 Å². The number of anilines is 1. The van der Waals surface area contributed by atoms with Gasteiger partial charge < -0.3 is 4.90 Å². The van der Waals surface area contributed by atoms with Crippen LogP contribution in [0.3, 0.4) is 0 Å². The number of benzene rings is 1. The number of nitrogens with zero attached hydrogens (tertiary/aromatic N) is 1. The molecule has 88 valence electrons. The van der Waals surface area contributed by atoms with E-state index in [1.165, 1.54) is 17.7 Å². The minimum absolute atomic E-state index is 0.306. The molecular formula is C13H21N3. The summed E-state index contributed by atoms with van der Waals surface area (Å²) in [5, 5.41) is 7.05. The fourth-order valence-corrected chi connectivity index (χ4v) is 2.05. The fourth-order valence-electron chi connectivity index (χ4n) is 2.05. The highest BCUT2D eigenvalue weighted by Crippen LogP contribution is 2.18. The Kier molecular flexibility index (Phi) is 3.46. The van der Waals surface area contributed by atoms with Crippen LogP contribution in [0, 0.1) is 0 Å². The van der Waals surface area contributed by atoms with Gasteiger partial charge in [0, 0.05) is 25.8 Å². The van der Waals surface area contributed by atoms with Crippen molar-refractivity contribution in [2.75, 3.05) is 25.5 Å². The molecule has 1 aliphatic heterocycles. The minimum Gasteiger partial charge on any atom is -0.378 e. The smallest absolute Gasteiger partial charge is 0.0837 e. The first-order valence-electron chi connectivity index (χ1n) is 5.93. The summed E-state index contributed by atoms with van der Waals surface area (Å²) in [5.41, 5.74) is 2.56. The molecular weight excluding hydrogens is 198 g/mol. The SMILES string of the molecule is CC1CCNC(c2ccc(N(C)C)cc2)N1. The molecule has 2 unspecified atom stereocenters. The van der Waals surface area contributed by atoms with Crippen molar-refractivity contribution in [2.24, 2.45) is 0 Å². The summed E-state index contributed by atoms with van der Waals surface area (Å²) >= 11 is 0. The monoisotopic (exact) mass is 219 g/mol. The topological polar surface area (TPSA) is 27.3 Å². The van der Waals surface area contributed by atoms with Crippen molar-refractivity contribution in [2.45, 2.75) is 25.6 Å². The van der Waals surface area contributed by atoms with Gasteiger partial charge in [-0.25, -0.2) is 0 Å². The Hall–Kier alpha value is -1.06. The first-order valence-corrected chi connectivity index (χ1v) is 5.93. The minimum atomic E-state index is 0.306. The molecule has 1 aliphatic rings. The molecule has 0 saturated carbocycles. The molecule has 1 aromatic carbocycles. The van der Waals surface area contributed by atoms with Crippen molar-refractivity contribution in [3.63, 3.8) is 0 Å². The van der Waals surface area contributed by atoms with E-state index in [-0.39, 0.29) is 0 Å². The van der Waals surface area contributed by atoms with Gasteiger partial charge in [-0.3, -0.25) is 10.6 Å². The molecule has 3 heteroatoms. The molecule has 1 aromatic rings. The Labute approximate surface area is 97.8 Å². The van der Waals surface area contributed by atoms with Gasteiger partial charge in [0.1, 0.15) is 0 Å². The van der Waals surface area contributed by atoms with Gasteiger partial charge in [0.25, 0.3) is 0 Å². The lowest BCUT2D eigenvalue weighted by Crippen LogP contribution is -2.46. The second kappa shape index (κ2) is 4.85. The molecule has 1 saturated heterocycles. The maximum Gasteiger partial charge on any atom is 0.0837 e. The Morgan fingerprint density at radius 3 is 2.44 bits per heavy atom. The Morgan fingerprint density at radius 1 is 1.19 bits per heavy atom. The molecule has 0 radical (unpaired) electrons.